The van der Waals surface area contributed by atoms with Gasteiger partial charge in [0.05, 0.1) is 11.4 Å². The van der Waals surface area contributed by atoms with Gasteiger partial charge in [-0.3, -0.25) is 9.36 Å². The highest BCUT2D eigenvalue weighted by atomic mass is 32.2. The SMILES string of the molecule is CCn1c(C2CCN(S(=O)(=O)c3ccc(C(C)=O)cc3)CC2)nn(Cc2ccccc2)c1=O. The van der Waals surface area contributed by atoms with Crippen molar-refractivity contribution >= 4 is 15.8 Å². The van der Waals surface area contributed by atoms with E-state index in [0.717, 1.165) is 11.4 Å². The van der Waals surface area contributed by atoms with Crippen LogP contribution in [0.3, 0.4) is 0 Å². The molecule has 0 bridgehead atoms. The average molecular weight is 469 g/mol. The summed E-state index contributed by atoms with van der Waals surface area (Å²) >= 11 is 0. The van der Waals surface area contributed by atoms with E-state index in [9.17, 15) is 18.0 Å². The van der Waals surface area contributed by atoms with Gasteiger partial charge in [0.2, 0.25) is 10.0 Å². The zero-order chi connectivity index (χ0) is 23.6. The van der Waals surface area contributed by atoms with Gasteiger partial charge in [-0.15, -0.1) is 0 Å². The lowest BCUT2D eigenvalue weighted by molar-refractivity contribution is 0.101. The quantitative estimate of drug-likeness (QED) is 0.497. The first kappa shape index (κ1) is 23.1. The van der Waals surface area contributed by atoms with Crippen molar-refractivity contribution in [1.29, 1.82) is 0 Å². The largest absolute Gasteiger partial charge is 0.346 e. The third-order valence-electron chi connectivity index (χ3n) is 6.16. The first-order valence-electron chi connectivity index (χ1n) is 11.1. The van der Waals surface area contributed by atoms with Crippen LogP contribution in [0.4, 0.5) is 0 Å². The van der Waals surface area contributed by atoms with Gasteiger partial charge >= 0.3 is 5.69 Å². The van der Waals surface area contributed by atoms with Gasteiger partial charge in [0.25, 0.3) is 0 Å². The van der Waals surface area contributed by atoms with E-state index in [-0.39, 0.29) is 22.3 Å². The smallest absolute Gasteiger partial charge is 0.295 e. The van der Waals surface area contributed by atoms with Crippen molar-refractivity contribution in [2.24, 2.45) is 0 Å². The molecule has 8 nitrogen and oxygen atoms in total. The van der Waals surface area contributed by atoms with Crippen LogP contribution in [0, 0.1) is 0 Å². The Labute approximate surface area is 193 Å². The summed E-state index contributed by atoms with van der Waals surface area (Å²) in [5, 5.41) is 4.64. The average Bonchev–Trinajstić information content (AvgIpc) is 3.14. The Hall–Kier alpha value is -3.04. The number of sulfonamides is 1. The van der Waals surface area contributed by atoms with E-state index in [1.165, 1.54) is 28.0 Å². The summed E-state index contributed by atoms with van der Waals surface area (Å²) in [6.45, 7) is 5.00. The van der Waals surface area contributed by atoms with Crippen LogP contribution >= 0.6 is 0 Å². The van der Waals surface area contributed by atoms with Crippen molar-refractivity contribution < 1.29 is 13.2 Å². The maximum absolute atomic E-state index is 13.1. The van der Waals surface area contributed by atoms with Crippen LogP contribution in [0.2, 0.25) is 0 Å². The van der Waals surface area contributed by atoms with Crippen molar-refractivity contribution in [2.45, 2.75) is 50.6 Å². The predicted molar refractivity (Wildman–Crippen MR) is 125 cm³/mol. The second kappa shape index (κ2) is 9.44. The molecule has 1 aromatic heterocycles. The fourth-order valence-corrected chi connectivity index (χ4v) is 5.75. The van der Waals surface area contributed by atoms with E-state index in [1.807, 2.05) is 37.3 Å². The highest BCUT2D eigenvalue weighted by Crippen LogP contribution is 2.29. The molecule has 0 amide bonds. The third-order valence-corrected chi connectivity index (χ3v) is 8.07. The molecule has 0 radical (unpaired) electrons. The number of rotatable bonds is 7. The Morgan fingerprint density at radius 1 is 1.03 bits per heavy atom. The standard InChI is InChI=1S/C24H28N4O4S/c1-3-27-23(25-28(24(27)30)17-19-7-5-4-6-8-19)21-13-15-26(16-14-21)33(31,32)22-11-9-20(10-12-22)18(2)29/h4-12,21H,3,13-17H2,1-2H3. The van der Waals surface area contributed by atoms with Gasteiger partial charge in [-0.1, -0.05) is 42.5 Å². The number of aromatic nitrogens is 3. The molecule has 0 spiro atoms. The highest BCUT2D eigenvalue weighted by Gasteiger charge is 2.32. The van der Waals surface area contributed by atoms with Crippen LogP contribution in [0.15, 0.2) is 64.3 Å². The zero-order valence-corrected chi connectivity index (χ0v) is 19.7. The molecule has 0 atom stereocenters. The van der Waals surface area contributed by atoms with E-state index >= 15 is 0 Å². The maximum Gasteiger partial charge on any atom is 0.346 e. The molecule has 4 rings (SSSR count). The number of benzene rings is 2. The monoisotopic (exact) mass is 468 g/mol. The van der Waals surface area contributed by atoms with Gasteiger partial charge in [-0.25, -0.2) is 17.9 Å². The van der Waals surface area contributed by atoms with Gasteiger partial charge in [-0.05, 0) is 44.4 Å². The number of ketones is 1. The summed E-state index contributed by atoms with van der Waals surface area (Å²) in [5.74, 6) is 0.635. The molecule has 33 heavy (non-hydrogen) atoms. The second-order valence-corrected chi connectivity index (χ2v) is 10.2. The Kier molecular flexibility index (Phi) is 6.62. The summed E-state index contributed by atoms with van der Waals surface area (Å²) < 4.78 is 30.8. The fourth-order valence-electron chi connectivity index (χ4n) is 4.28. The van der Waals surface area contributed by atoms with E-state index in [1.54, 1.807) is 16.7 Å². The Morgan fingerprint density at radius 2 is 1.67 bits per heavy atom. The minimum atomic E-state index is -3.64. The Morgan fingerprint density at radius 3 is 2.24 bits per heavy atom. The van der Waals surface area contributed by atoms with Gasteiger partial charge < -0.3 is 0 Å². The number of carbonyl (C=O) groups excluding carboxylic acids is 1. The highest BCUT2D eigenvalue weighted by molar-refractivity contribution is 7.89. The van der Waals surface area contributed by atoms with E-state index in [2.05, 4.69) is 5.10 Å². The minimum absolute atomic E-state index is 0.0150. The van der Waals surface area contributed by atoms with Crippen molar-refractivity contribution in [3.8, 4) is 0 Å². The molecule has 0 unspecified atom stereocenters. The number of hydrogen-bond acceptors (Lipinski definition) is 5. The summed E-state index contributed by atoms with van der Waals surface area (Å²) in [7, 11) is -3.64. The fraction of sp³-hybridized carbons (Fsp3) is 0.375. The molecule has 2 aromatic carbocycles. The second-order valence-electron chi connectivity index (χ2n) is 8.29. The van der Waals surface area contributed by atoms with Crippen molar-refractivity contribution in [3.63, 3.8) is 0 Å². The summed E-state index contributed by atoms with van der Waals surface area (Å²) in [5.41, 5.74) is 1.34. The van der Waals surface area contributed by atoms with Crippen LogP contribution in [-0.4, -0.2) is 45.9 Å². The van der Waals surface area contributed by atoms with Gasteiger partial charge in [-0.2, -0.15) is 9.40 Å². The molecule has 0 N–H and O–H groups in total. The molecule has 9 heteroatoms. The van der Waals surface area contributed by atoms with Crippen LogP contribution in [-0.2, 0) is 23.1 Å². The molecule has 1 saturated heterocycles. The molecule has 174 valence electrons. The van der Waals surface area contributed by atoms with Gasteiger partial charge in [0.15, 0.2) is 5.78 Å². The number of nitrogens with zero attached hydrogens (tertiary/aromatic N) is 4. The molecule has 1 aliphatic heterocycles. The van der Waals surface area contributed by atoms with Crippen molar-refractivity contribution in [1.82, 2.24) is 18.7 Å². The molecular weight excluding hydrogens is 440 g/mol. The molecule has 2 heterocycles. The molecule has 0 saturated carbocycles. The topological polar surface area (TPSA) is 94.3 Å². The maximum atomic E-state index is 13.1. The minimum Gasteiger partial charge on any atom is -0.295 e. The Bertz CT molecular complexity index is 1290. The third kappa shape index (κ3) is 4.69. The first-order valence-corrected chi connectivity index (χ1v) is 12.6. The van der Waals surface area contributed by atoms with Crippen molar-refractivity contribution in [2.75, 3.05) is 13.1 Å². The lowest BCUT2D eigenvalue weighted by atomic mass is 9.97. The summed E-state index contributed by atoms with van der Waals surface area (Å²) in [6.07, 6.45) is 1.18. The van der Waals surface area contributed by atoms with Crippen LogP contribution < -0.4 is 5.69 Å². The van der Waals surface area contributed by atoms with E-state index < -0.39 is 10.0 Å². The van der Waals surface area contributed by atoms with Crippen LogP contribution in [0.25, 0.3) is 0 Å². The number of Topliss-reactive ketones (excluding diaryl/α,β-unsaturated/α-hetero) is 1. The van der Waals surface area contributed by atoms with Gasteiger partial charge in [0, 0.05) is 31.1 Å². The number of carbonyl (C=O) groups is 1. The van der Waals surface area contributed by atoms with E-state index in [4.69, 9.17) is 0 Å². The molecular formula is C24H28N4O4S. The normalized spacial score (nSPS) is 15.6. The molecule has 1 fully saturated rings. The predicted octanol–water partition coefficient (Wildman–Crippen LogP) is 2.88. The van der Waals surface area contributed by atoms with E-state index in [0.29, 0.717) is 44.6 Å². The number of piperidine rings is 1. The van der Waals surface area contributed by atoms with Gasteiger partial charge in [0.1, 0.15) is 5.82 Å². The first-order chi connectivity index (χ1) is 15.8. The molecule has 1 aliphatic rings. The van der Waals surface area contributed by atoms with Crippen LogP contribution in [0.1, 0.15) is 54.4 Å². The number of hydrogen-bond donors (Lipinski definition) is 0. The summed E-state index contributed by atoms with van der Waals surface area (Å²) in [6, 6.07) is 15.8. The summed E-state index contributed by atoms with van der Waals surface area (Å²) in [4.78, 5) is 24.5. The molecule has 3 aromatic rings. The Balaban J connectivity index is 1.50. The lowest BCUT2D eigenvalue weighted by Crippen LogP contribution is -2.38. The van der Waals surface area contributed by atoms with Crippen LogP contribution in [0.5, 0.6) is 0 Å². The molecule has 0 aliphatic carbocycles. The lowest BCUT2D eigenvalue weighted by Gasteiger charge is -2.30. The van der Waals surface area contributed by atoms with Crippen molar-refractivity contribution in [3.05, 3.63) is 82.0 Å². The zero-order valence-electron chi connectivity index (χ0n) is 18.8.